The topological polar surface area (TPSA) is 97.0 Å². The van der Waals surface area contributed by atoms with Crippen molar-refractivity contribution in [3.05, 3.63) is 89.7 Å². The normalized spacial score (nSPS) is 16.8. The maximum Gasteiger partial charge on any atom is 0.322 e. The van der Waals surface area contributed by atoms with Crippen LogP contribution in [-0.4, -0.2) is 38.7 Å². The highest BCUT2D eigenvalue weighted by atomic mass is 32.2. The molecule has 0 aromatic heterocycles. The average molecular weight is 608 g/mol. The summed E-state index contributed by atoms with van der Waals surface area (Å²) in [5, 5.41) is 3.00. The second-order valence-electron chi connectivity index (χ2n) is 12.9. The summed E-state index contributed by atoms with van der Waals surface area (Å²) in [6.07, 6.45) is 9.97. The first-order chi connectivity index (χ1) is 20.2. The number of fused-ring (bicyclic) bond motifs is 1. The van der Waals surface area contributed by atoms with Crippen molar-refractivity contribution in [3.8, 4) is 5.75 Å². The largest absolute Gasteiger partial charge is 0.493 e. The van der Waals surface area contributed by atoms with Gasteiger partial charge in [-0.2, -0.15) is 0 Å². The van der Waals surface area contributed by atoms with Crippen LogP contribution in [-0.2, 0) is 34.3 Å². The molecule has 9 heteroatoms. The molecule has 0 bridgehead atoms. The highest BCUT2D eigenvalue weighted by Crippen LogP contribution is 2.33. The molecule has 0 saturated carbocycles. The molecular weight excluding hydrogens is 562 g/mol. The van der Waals surface area contributed by atoms with Crippen LogP contribution in [0.3, 0.4) is 0 Å². The number of nitrogens with one attached hydrogen (secondary N) is 2. The van der Waals surface area contributed by atoms with E-state index in [1.807, 2.05) is 26.0 Å². The fourth-order valence-corrected chi connectivity index (χ4v) is 6.19. The predicted octanol–water partition coefficient (Wildman–Crippen LogP) is 6.94. The first-order valence-corrected chi connectivity index (χ1v) is 16.2. The third-order valence-corrected chi connectivity index (χ3v) is 9.53. The van der Waals surface area contributed by atoms with E-state index < -0.39 is 10.0 Å². The first-order valence-electron chi connectivity index (χ1n) is 14.7. The number of allylic oxidation sites excluding steroid dienone is 4. The van der Waals surface area contributed by atoms with Crippen LogP contribution >= 0.6 is 0 Å². The standard InChI is InChI=1S/C34H45N3O5S/c1-8-9-24-20-29(42-19-18-34(5,6)41-7)15-17-31(24)36-43(39,40)30-16-10-25-22-37(23-26(25)21-30)32(38)35-28-13-11-27(12-14-28)33(2,3)4/h8,10-11,13-17,20-21,27,36H,1,9,12,18-19,22-23H2,2-7H3,(H,35,38). The van der Waals surface area contributed by atoms with Crippen molar-refractivity contribution in [3.63, 3.8) is 0 Å². The molecule has 2 aromatic carbocycles. The van der Waals surface area contributed by atoms with Gasteiger partial charge in [-0.1, -0.05) is 45.1 Å². The van der Waals surface area contributed by atoms with E-state index in [1.165, 1.54) is 0 Å². The maximum absolute atomic E-state index is 13.4. The van der Waals surface area contributed by atoms with Gasteiger partial charge in [0, 0.05) is 32.3 Å². The van der Waals surface area contributed by atoms with Gasteiger partial charge in [0.05, 0.1) is 22.8 Å². The molecular formula is C34H45N3O5S. The molecule has 8 nitrogen and oxygen atoms in total. The summed E-state index contributed by atoms with van der Waals surface area (Å²) < 4.78 is 41.0. The molecule has 1 unspecified atom stereocenters. The lowest BCUT2D eigenvalue weighted by Gasteiger charge is -2.29. The summed E-state index contributed by atoms with van der Waals surface area (Å²) in [6, 6.07) is 10.1. The minimum atomic E-state index is -3.89. The van der Waals surface area contributed by atoms with Gasteiger partial charge in [-0.3, -0.25) is 4.72 Å². The number of ether oxygens (including phenoxy) is 2. The van der Waals surface area contributed by atoms with Crippen LogP contribution in [0.4, 0.5) is 10.5 Å². The Labute approximate surface area is 256 Å². The van der Waals surface area contributed by atoms with Gasteiger partial charge < -0.3 is 19.7 Å². The molecule has 2 N–H and O–H groups in total. The molecule has 2 aromatic rings. The van der Waals surface area contributed by atoms with Gasteiger partial charge in [0.1, 0.15) is 5.75 Å². The van der Waals surface area contributed by atoms with Crippen LogP contribution < -0.4 is 14.8 Å². The Bertz CT molecular complexity index is 1520. The number of urea groups is 1. The zero-order valence-corrected chi connectivity index (χ0v) is 27.0. The Morgan fingerprint density at radius 1 is 1.09 bits per heavy atom. The quantitative estimate of drug-likeness (QED) is 0.270. The van der Waals surface area contributed by atoms with Crippen molar-refractivity contribution >= 4 is 21.7 Å². The smallest absolute Gasteiger partial charge is 0.322 e. The van der Waals surface area contributed by atoms with E-state index in [4.69, 9.17) is 9.47 Å². The molecule has 1 aliphatic heterocycles. The lowest BCUT2D eigenvalue weighted by Crippen LogP contribution is -2.36. The fraction of sp³-hybridized carbons (Fsp3) is 0.441. The Kier molecular flexibility index (Phi) is 9.76. The highest BCUT2D eigenvalue weighted by Gasteiger charge is 2.28. The number of methoxy groups -OCH3 is 1. The SMILES string of the molecule is C=CCc1cc(OCCC(C)(C)OC)ccc1NS(=O)(=O)c1ccc2c(c1)CN(C(=O)NC1=CCC(C(C)(C)C)C=C1)C2. The van der Waals surface area contributed by atoms with Crippen LogP contribution in [0.15, 0.2) is 77.9 Å². The number of rotatable bonds is 11. The third kappa shape index (κ3) is 8.30. The summed E-state index contributed by atoms with van der Waals surface area (Å²) in [4.78, 5) is 14.9. The maximum atomic E-state index is 13.4. The minimum absolute atomic E-state index is 0.145. The Morgan fingerprint density at radius 2 is 1.84 bits per heavy atom. The zero-order valence-electron chi connectivity index (χ0n) is 26.2. The molecule has 0 radical (unpaired) electrons. The van der Waals surface area contributed by atoms with E-state index in [9.17, 15) is 13.2 Å². The number of anilines is 1. The molecule has 232 valence electrons. The van der Waals surface area contributed by atoms with Crippen molar-refractivity contribution in [2.45, 2.75) is 77.5 Å². The first kappa shape index (κ1) is 32.4. The van der Waals surface area contributed by atoms with Gasteiger partial charge in [-0.25, -0.2) is 13.2 Å². The highest BCUT2D eigenvalue weighted by molar-refractivity contribution is 7.92. The van der Waals surface area contributed by atoms with Gasteiger partial charge in [0.25, 0.3) is 10.0 Å². The van der Waals surface area contributed by atoms with E-state index in [0.717, 1.165) is 28.8 Å². The minimum Gasteiger partial charge on any atom is -0.493 e. The summed E-state index contributed by atoms with van der Waals surface area (Å²) in [5.41, 5.74) is 3.63. The Balaban J connectivity index is 1.41. The van der Waals surface area contributed by atoms with Crippen molar-refractivity contribution in [1.82, 2.24) is 10.2 Å². The van der Waals surface area contributed by atoms with Gasteiger partial charge in [0.15, 0.2) is 0 Å². The van der Waals surface area contributed by atoms with Gasteiger partial charge in [-0.05, 0) is 91.1 Å². The van der Waals surface area contributed by atoms with E-state index in [2.05, 4.69) is 49.5 Å². The molecule has 1 atom stereocenters. The molecule has 43 heavy (non-hydrogen) atoms. The Hall–Kier alpha value is -3.56. The molecule has 0 fully saturated rings. The zero-order chi connectivity index (χ0) is 31.4. The van der Waals surface area contributed by atoms with E-state index in [0.29, 0.717) is 49.9 Å². The average Bonchev–Trinajstić information content (AvgIpc) is 3.38. The van der Waals surface area contributed by atoms with Crippen LogP contribution in [0.1, 0.15) is 64.2 Å². The Morgan fingerprint density at radius 3 is 2.49 bits per heavy atom. The molecule has 4 rings (SSSR count). The van der Waals surface area contributed by atoms with Crippen LogP contribution in [0, 0.1) is 11.3 Å². The number of amides is 2. The number of sulfonamides is 1. The van der Waals surface area contributed by atoms with Crippen LogP contribution in [0.2, 0.25) is 0 Å². The molecule has 2 aliphatic rings. The lowest BCUT2D eigenvalue weighted by atomic mass is 9.77. The summed E-state index contributed by atoms with van der Waals surface area (Å²) in [5.74, 6) is 1.08. The number of carbonyl (C=O) groups is 1. The van der Waals surface area contributed by atoms with Crippen molar-refractivity contribution in [1.29, 1.82) is 0 Å². The monoisotopic (exact) mass is 607 g/mol. The third-order valence-electron chi connectivity index (χ3n) is 8.17. The number of carbonyl (C=O) groups excluding carboxylic acids is 1. The van der Waals surface area contributed by atoms with Crippen LogP contribution in [0.25, 0.3) is 0 Å². The van der Waals surface area contributed by atoms with Crippen molar-refractivity contribution in [2.24, 2.45) is 11.3 Å². The van der Waals surface area contributed by atoms with E-state index >= 15 is 0 Å². The summed E-state index contributed by atoms with van der Waals surface area (Å²) >= 11 is 0. The number of hydrogen-bond donors (Lipinski definition) is 2. The second kappa shape index (κ2) is 13.0. The number of hydrogen-bond acceptors (Lipinski definition) is 5. The van der Waals surface area contributed by atoms with E-state index in [1.54, 1.807) is 48.4 Å². The summed E-state index contributed by atoms with van der Waals surface area (Å²) in [6.45, 7) is 15.7. The lowest BCUT2D eigenvalue weighted by molar-refractivity contribution is 0.00545. The molecule has 0 saturated heterocycles. The molecule has 1 heterocycles. The van der Waals surface area contributed by atoms with Gasteiger partial charge in [-0.15, -0.1) is 6.58 Å². The summed E-state index contributed by atoms with van der Waals surface area (Å²) in [7, 11) is -2.21. The molecule has 1 aliphatic carbocycles. The predicted molar refractivity (Wildman–Crippen MR) is 171 cm³/mol. The number of nitrogens with zero attached hydrogens (tertiary/aromatic N) is 1. The van der Waals surface area contributed by atoms with Gasteiger partial charge >= 0.3 is 6.03 Å². The second-order valence-corrected chi connectivity index (χ2v) is 14.6. The number of benzene rings is 2. The molecule has 2 amide bonds. The van der Waals surface area contributed by atoms with Crippen LogP contribution in [0.5, 0.6) is 5.75 Å². The molecule has 0 spiro atoms. The van der Waals surface area contributed by atoms with Crippen molar-refractivity contribution < 1.29 is 22.7 Å². The van der Waals surface area contributed by atoms with Gasteiger partial charge in [0.2, 0.25) is 0 Å². The van der Waals surface area contributed by atoms with Crippen molar-refractivity contribution in [2.75, 3.05) is 18.4 Å². The van der Waals surface area contributed by atoms with E-state index in [-0.39, 0.29) is 21.9 Å². The fourth-order valence-electron chi connectivity index (χ4n) is 5.04.